The summed E-state index contributed by atoms with van der Waals surface area (Å²) < 4.78 is 13.1. The van der Waals surface area contributed by atoms with E-state index in [2.05, 4.69) is 15.3 Å². The maximum atomic E-state index is 13.2. The van der Waals surface area contributed by atoms with E-state index in [1.165, 1.54) is 7.11 Å². The molecule has 5 rings (SSSR count). The highest BCUT2D eigenvalue weighted by Crippen LogP contribution is 2.38. The van der Waals surface area contributed by atoms with Crippen molar-refractivity contribution in [3.63, 3.8) is 0 Å². The van der Waals surface area contributed by atoms with Crippen LogP contribution in [0.3, 0.4) is 0 Å². The summed E-state index contributed by atoms with van der Waals surface area (Å²) >= 11 is 0. The second-order valence-corrected chi connectivity index (χ2v) is 10.5. The maximum Gasteiger partial charge on any atom is 0.256 e. The Balaban J connectivity index is 1.14. The molecule has 2 amide bonds. The molecule has 1 N–H and O–H groups in total. The van der Waals surface area contributed by atoms with E-state index in [0.717, 1.165) is 36.9 Å². The first kappa shape index (κ1) is 28.1. The van der Waals surface area contributed by atoms with Gasteiger partial charge < -0.3 is 24.3 Å². The molecule has 10 heteroatoms. The fraction of sp³-hybridized carbons (Fsp3) is 0.387. The van der Waals surface area contributed by atoms with Gasteiger partial charge in [0.15, 0.2) is 23.1 Å². The fourth-order valence-electron chi connectivity index (χ4n) is 5.16. The van der Waals surface area contributed by atoms with Crippen LogP contribution in [-0.2, 0) is 18.3 Å². The summed E-state index contributed by atoms with van der Waals surface area (Å²) in [6, 6.07) is 11.2. The minimum atomic E-state index is -0.232. The lowest BCUT2D eigenvalue weighted by atomic mass is 10.0. The molecule has 3 aromatic rings. The third-order valence-corrected chi connectivity index (χ3v) is 7.39. The second kappa shape index (κ2) is 12.4. The zero-order valence-corrected chi connectivity index (χ0v) is 23.7. The SMILES string of the molecule is COc1cc2c(cc1OCCCC(=O)Nc1cn(C)c(C(=O)Cc3ccc(C)cc3)n1)N=C[C@@H]1CCCCN1C2=O. The number of anilines is 1. The van der Waals surface area contributed by atoms with Crippen molar-refractivity contribution < 1.29 is 23.9 Å². The Morgan fingerprint density at radius 1 is 1.12 bits per heavy atom. The molecule has 1 aromatic heterocycles. The van der Waals surface area contributed by atoms with Gasteiger partial charge in [-0.15, -0.1) is 0 Å². The number of aromatic nitrogens is 2. The molecule has 1 saturated heterocycles. The highest BCUT2D eigenvalue weighted by atomic mass is 16.5. The number of ketones is 1. The van der Waals surface area contributed by atoms with E-state index in [9.17, 15) is 14.4 Å². The quantitative estimate of drug-likeness (QED) is 0.286. The van der Waals surface area contributed by atoms with E-state index < -0.39 is 0 Å². The summed E-state index contributed by atoms with van der Waals surface area (Å²) in [7, 11) is 3.26. The molecule has 0 unspecified atom stereocenters. The van der Waals surface area contributed by atoms with Crippen molar-refractivity contribution in [2.75, 3.05) is 25.6 Å². The number of hydrogen-bond donors (Lipinski definition) is 1. The Morgan fingerprint density at radius 3 is 2.71 bits per heavy atom. The number of rotatable bonds is 10. The summed E-state index contributed by atoms with van der Waals surface area (Å²) in [5, 5.41) is 2.76. The number of nitrogens with zero attached hydrogens (tertiary/aromatic N) is 4. The molecular weight excluding hydrogens is 522 g/mol. The van der Waals surface area contributed by atoms with Gasteiger partial charge in [-0.1, -0.05) is 29.8 Å². The van der Waals surface area contributed by atoms with Crippen molar-refractivity contribution in [1.82, 2.24) is 14.5 Å². The van der Waals surface area contributed by atoms with E-state index >= 15 is 0 Å². The highest BCUT2D eigenvalue weighted by Gasteiger charge is 2.31. The molecule has 0 aliphatic carbocycles. The highest BCUT2D eigenvalue weighted by molar-refractivity contribution is 6.03. The standard InChI is InChI=1S/C31H35N5O5/c1-20-9-11-21(12-10-20)15-25(37)30-34-28(19-35(30)2)33-29(38)8-6-14-41-27-17-24-23(16-26(27)40-3)31(39)36-13-5-4-7-22(36)18-32-24/h9-12,16-19,22H,4-8,13-15H2,1-3H3,(H,33,38)/t22-/m0/s1. The maximum absolute atomic E-state index is 13.2. The first-order valence-corrected chi connectivity index (χ1v) is 13.9. The van der Waals surface area contributed by atoms with Crippen LogP contribution in [0.1, 0.15) is 64.2 Å². The molecule has 2 aliphatic rings. The van der Waals surface area contributed by atoms with Gasteiger partial charge in [-0.25, -0.2) is 4.98 Å². The van der Waals surface area contributed by atoms with Crippen molar-refractivity contribution in [1.29, 1.82) is 0 Å². The van der Waals surface area contributed by atoms with Crippen LogP contribution in [0.15, 0.2) is 47.6 Å². The smallest absolute Gasteiger partial charge is 0.256 e. The van der Waals surface area contributed by atoms with E-state index in [-0.39, 0.29) is 48.9 Å². The number of piperidine rings is 1. The Bertz CT molecular complexity index is 1480. The second-order valence-electron chi connectivity index (χ2n) is 10.5. The number of imidazole rings is 1. The number of aryl methyl sites for hydroxylation is 2. The van der Waals surface area contributed by atoms with E-state index in [1.807, 2.05) is 42.3 Å². The van der Waals surface area contributed by atoms with Crippen LogP contribution in [0.25, 0.3) is 0 Å². The van der Waals surface area contributed by atoms with Crippen LogP contribution in [0.4, 0.5) is 11.5 Å². The number of fused-ring (bicyclic) bond motifs is 2. The van der Waals surface area contributed by atoms with E-state index in [1.54, 1.807) is 29.9 Å². The number of carbonyl (C=O) groups excluding carboxylic acids is 3. The Hall–Kier alpha value is -4.47. The van der Waals surface area contributed by atoms with Crippen LogP contribution < -0.4 is 14.8 Å². The van der Waals surface area contributed by atoms with Crippen LogP contribution in [0, 0.1) is 6.92 Å². The predicted octanol–water partition coefficient (Wildman–Crippen LogP) is 4.67. The first-order chi connectivity index (χ1) is 19.8. The number of amides is 2. The molecule has 2 aliphatic heterocycles. The van der Waals surface area contributed by atoms with Gasteiger partial charge in [0.2, 0.25) is 11.7 Å². The molecule has 41 heavy (non-hydrogen) atoms. The average Bonchev–Trinajstić information content (AvgIpc) is 3.27. The van der Waals surface area contributed by atoms with Crippen molar-refractivity contribution >= 4 is 35.3 Å². The third kappa shape index (κ3) is 6.48. The lowest BCUT2D eigenvalue weighted by Crippen LogP contribution is -2.43. The van der Waals surface area contributed by atoms with Gasteiger partial charge >= 0.3 is 0 Å². The molecule has 2 aromatic carbocycles. The van der Waals surface area contributed by atoms with Crippen molar-refractivity contribution in [2.45, 2.75) is 51.5 Å². The van der Waals surface area contributed by atoms with Gasteiger partial charge in [-0.3, -0.25) is 19.4 Å². The normalized spacial score (nSPS) is 16.0. The van der Waals surface area contributed by atoms with Gasteiger partial charge in [0.05, 0.1) is 31.0 Å². The zero-order chi connectivity index (χ0) is 28.9. The Kier molecular flexibility index (Phi) is 8.47. The molecule has 3 heterocycles. The number of Topliss-reactive ketones (excluding diaryl/α,β-unsaturated/α-hetero) is 1. The van der Waals surface area contributed by atoms with Gasteiger partial charge in [-0.05, 0) is 44.2 Å². The number of hydrogen-bond acceptors (Lipinski definition) is 7. The van der Waals surface area contributed by atoms with Crippen LogP contribution in [0.5, 0.6) is 11.5 Å². The largest absolute Gasteiger partial charge is 0.493 e. The Morgan fingerprint density at radius 2 is 1.93 bits per heavy atom. The molecule has 0 spiro atoms. The van der Waals surface area contributed by atoms with Crippen LogP contribution >= 0.6 is 0 Å². The molecule has 214 valence electrons. The molecule has 0 radical (unpaired) electrons. The summed E-state index contributed by atoms with van der Waals surface area (Å²) in [4.78, 5) is 49.3. The molecule has 0 saturated carbocycles. The summed E-state index contributed by atoms with van der Waals surface area (Å²) in [5.41, 5.74) is 3.10. The molecule has 1 atom stereocenters. The number of ether oxygens (including phenoxy) is 2. The average molecular weight is 558 g/mol. The molecule has 1 fully saturated rings. The topological polar surface area (TPSA) is 115 Å². The lowest BCUT2D eigenvalue weighted by Gasteiger charge is -2.32. The van der Waals surface area contributed by atoms with Gasteiger partial charge in [-0.2, -0.15) is 0 Å². The number of methoxy groups -OCH3 is 1. The number of aliphatic imine (C=N–C) groups is 1. The number of benzene rings is 2. The van der Waals surface area contributed by atoms with Crippen molar-refractivity contribution in [2.24, 2.45) is 12.0 Å². The van der Waals surface area contributed by atoms with Crippen LogP contribution in [-0.4, -0.2) is 64.6 Å². The van der Waals surface area contributed by atoms with Gasteiger partial charge in [0.1, 0.15) is 0 Å². The van der Waals surface area contributed by atoms with E-state index in [0.29, 0.717) is 35.0 Å². The number of nitrogens with one attached hydrogen (secondary N) is 1. The fourth-order valence-corrected chi connectivity index (χ4v) is 5.16. The van der Waals surface area contributed by atoms with Crippen molar-refractivity contribution in [3.8, 4) is 11.5 Å². The summed E-state index contributed by atoms with van der Waals surface area (Å²) in [5.74, 6) is 1.14. The predicted molar refractivity (Wildman–Crippen MR) is 156 cm³/mol. The molecular formula is C31H35N5O5. The zero-order valence-electron chi connectivity index (χ0n) is 23.7. The third-order valence-electron chi connectivity index (χ3n) is 7.39. The summed E-state index contributed by atoms with van der Waals surface area (Å²) in [6.07, 6.45) is 7.34. The summed E-state index contributed by atoms with van der Waals surface area (Å²) in [6.45, 7) is 2.98. The minimum Gasteiger partial charge on any atom is -0.493 e. The van der Waals surface area contributed by atoms with Gasteiger partial charge in [0, 0.05) is 44.9 Å². The first-order valence-electron chi connectivity index (χ1n) is 13.9. The molecule has 10 nitrogen and oxygen atoms in total. The van der Waals surface area contributed by atoms with Gasteiger partial charge in [0.25, 0.3) is 5.91 Å². The van der Waals surface area contributed by atoms with E-state index in [4.69, 9.17) is 9.47 Å². The minimum absolute atomic E-state index is 0.0130. The molecule has 0 bridgehead atoms. The Labute approximate surface area is 239 Å². The lowest BCUT2D eigenvalue weighted by molar-refractivity contribution is -0.116. The monoisotopic (exact) mass is 557 g/mol. The van der Waals surface area contributed by atoms with Crippen molar-refractivity contribution in [3.05, 3.63) is 65.1 Å². The van der Waals surface area contributed by atoms with Crippen LogP contribution in [0.2, 0.25) is 0 Å². The number of carbonyl (C=O) groups is 3.